The largest absolute Gasteiger partial charge is 0.487 e. The molecular weight excluding hydrogens is 825 g/mol. The number of hydrogen-bond donors (Lipinski definition) is 4. The van der Waals surface area contributed by atoms with Crippen molar-refractivity contribution in [1.29, 1.82) is 10.5 Å². The van der Waals surface area contributed by atoms with E-state index in [4.69, 9.17) is 32.7 Å². The lowest BCUT2D eigenvalue weighted by molar-refractivity contribution is 0.0679. The van der Waals surface area contributed by atoms with Crippen molar-refractivity contribution in [3.63, 3.8) is 0 Å². The molecule has 2 aromatic carbocycles. The topological polar surface area (TPSA) is 223 Å². The number of carboxylic acids is 2. The van der Waals surface area contributed by atoms with Crippen LogP contribution in [0.1, 0.15) is 85.7 Å². The minimum atomic E-state index is -1.31. The van der Waals surface area contributed by atoms with Gasteiger partial charge in [0.25, 0.3) is 0 Å². The first-order chi connectivity index (χ1) is 28.6. The van der Waals surface area contributed by atoms with Gasteiger partial charge >= 0.3 is 11.9 Å². The summed E-state index contributed by atoms with van der Waals surface area (Å²) < 4.78 is 39.4. The number of nitrogens with zero attached hydrogens (tertiary/aromatic N) is 8. The highest BCUT2D eigenvalue weighted by Gasteiger charge is 2.29. The van der Waals surface area contributed by atoms with E-state index in [0.717, 1.165) is 0 Å². The number of nitriles is 2. The Morgan fingerprint density at radius 3 is 1.48 bits per heavy atom. The molecule has 0 unspecified atom stereocenters. The second-order valence-corrected chi connectivity index (χ2v) is 15.2. The molecule has 0 saturated carbocycles. The third kappa shape index (κ3) is 11.5. The molecule has 6 rings (SSSR count). The molecular formula is C40H42Cl2F2N10O6. The van der Waals surface area contributed by atoms with Crippen molar-refractivity contribution in [2.75, 3.05) is 46.6 Å². The van der Waals surface area contributed by atoms with E-state index in [1.54, 1.807) is 12.1 Å². The van der Waals surface area contributed by atoms with Crippen LogP contribution in [0.2, 0.25) is 10.0 Å². The van der Waals surface area contributed by atoms with Crippen LogP contribution >= 0.6 is 23.2 Å². The number of hydrogen-bond acceptors (Lipinski definition) is 14. The molecule has 0 radical (unpaired) electrons. The SMILES string of the molecule is CC(C)Nc1nc(C#N)c(C(=O)O)nc1N1CCC(Oc2cc(Cl)ccc2F)CC1.CC(C)Nc1nc(C(=O)O)c(C#N)nc1N1CCC(Oc2cc(Cl)ccc2F)CC1. The van der Waals surface area contributed by atoms with Gasteiger partial charge in [0.15, 0.2) is 69.2 Å². The van der Waals surface area contributed by atoms with Gasteiger partial charge in [-0.1, -0.05) is 23.2 Å². The number of nitrogens with one attached hydrogen (secondary N) is 2. The Morgan fingerprint density at radius 1 is 0.700 bits per heavy atom. The van der Waals surface area contributed by atoms with Gasteiger partial charge in [-0.05, 0) is 52.0 Å². The second-order valence-electron chi connectivity index (χ2n) is 14.4. The van der Waals surface area contributed by atoms with E-state index < -0.39 is 23.6 Å². The van der Waals surface area contributed by atoms with Crippen molar-refractivity contribution < 1.29 is 38.1 Å². The van der Waals surface area contributed by atoms with Crippen LogP contribution in [0.4, 0.5) is 32.1 Å². The molecule has 316 valence electrons. The summed E-state index contributed by atoms with van der Waals surface area (Å²) in [4.78, 5) is 43.5. The molecule has 4 N–H and O–H groups in total. The Morgan fingerprint density at radius 2 is 1.08 bits per heavy atom. The third-order valence-electron chi connectivity index (χ3n) is 9.08. The summed E-state index contributed by atoms with van der Waals surface area (Å²) in [7, 11) is 0. The van der Waals surface area contributed by atoms with Crippen LogP contribution < -0.4 is 29.9 Å². The number of piperidine rings is 2. The molecule has 0 aliphatic carbocycles. The van der Waals surface area contributed by atoms with Gasteiger partial charge in [-0.25, -0.2) is 38.3 Å². The van der Waals surface area contributed by atoms with Crippen molar-refractivity contribution in [3.05, 3.63) is 80.9 Å². The monoisotopic (exact) mass is 866 g/mol. The van der Waals surface area contributed by atoms with E-state index in [1.165, 1.54) is 36.4 Å². The molecule has 2 fully saturated rings. The smallest absolute Gasteiger partial charge is 0.357 e. The summed E-state index contributed by atoms with van der Waals surface area (Å²) in [5.74, 6) is -1.92. The Kier molecular flexibility index (Phi) is 15.1. The highest BCUT2D eigenvalue weighted by molar-refractivity contribution is 6.31. The summed E-state index contributed by atoms with van der Waals surface area (Å²) in [6.45, 7) is 9.63. The number of benzene rings is 2. The quantitative estimate of drug-likeness (QED) is 0.109. The lowest BCUT2D eigenvalue weighted by Crippen LogP contribution is -2.39. The summed E-state index contributed by atoms with van der Waals surface area (Å²) in [5, 5.41) is 44.2. The lowest BCUT2D eigenvalue weighted by atomic mass is 10.1. The molecule has 0 bridgehead atoms. The van der Waals surface area contributed by atoms with Gasteiger partial charge < -0.3 is 40.1 Å². The van der Waals surface area contributed by atoms with E-state index in [1.807, 2.05) is 37.5 Å². The van der Waals surface area contributed by atoms with Gasteiger partial charge in [0.2, 0.25) is 0 Å². The number of aromatic nitrogens is 4. The number of carbonyl (C=O) groups is 2. The fourth-order valence-corrected chi connectivity index (χ4v) is 6.68. The van der Waals surface area contributed by atoms with Gasteiger partial charge in [-0.2, -0.15) is 10.5 Å². The first-order valence-electron chi connectivity index (χ1n) is 18.9. The fraction of sp³-hybridized carbons (Fsp3) is 0.400. The van der Waals surface area contributed by atoms with Gasteiger partial charge in [0.05, 0.1) is 0 Å². The van der Waals surface area contributed by atoms with Crippen molar-refractivity contribution in [2.45, 2.75) is 77.7 Å². The van der Waals surface area contributed by atoms with E-state index in [0.29, 0.717) is 85.2 Å². The Labute approximate surface area is 354 Å². The molecule has 4 aromatic rings. The predicted octanol–water partition coefficient (Wildman–Crippen LogP) is 7.41. The molecule has 2 saturated heterocycles. The fourth-order valence-electron chi connectivity index (χ4n) is 6.35. The second kappa shape index (κ2) is 20.1. The van der Waals surface area contributed by atoms with Crippen LogP contribution in [0.25, 0.3) is 0 Å². The number of ether oxygens (including phenoxy) is 2. The minimum Gasteiger partial charge on any atom is -0.487 e. The number of carboxylic acid groups (broad SMARTS) is 2. The van der Waals surface area contributed by atoms with Gasteiger partial charge in [0.1, 0.15) is 24.3 Å². The summed E-state index contributed by atoms with van der Waals surface area (Å²) >= 11 is 11.8. The van der Waals surface area contributed by atoms with Crippen LogP contribution in [0, 0.1) is 34.3 Å². The Hall–Kier alpha value is -6.24. The zero-order valence-corrected chi connectivity index (χ0v) is 34.6. The minimum absolute atomic E-state index is 0.00643. The highest BCUT2D eigenvalue weighted by atomic mass is 35.5. The van der Waals surface area contributed by atoms with E-state index in [9.17, 15) is 39.1 Å². The maximum atomic E-state index is 13.9. The van der Waals surface area contributed by atoms with Gasteiger partial charge in [0, 0.05) is 86.1 Å². The zero-order chi connectivity index (χ0) is 43.7. The van der Waals surface area contributed by atoms with Crippen molar-refractivity contribution >= 4 is 58.4 Å². The number of halogens is 4. The average Bonchev–Trinajstić information content (AvgIpc) is 3.20. The van der Waals surface area contributed by atoms with Crippen LogP contribution in [-0.4, -0.2) is 92.6 Å². The average molecular weight is 868 g/mol. The van der Waals surface area contributed by atoms with Gasteiger partial charge in [-0.3, -0.25) is 0 Å². The first-order valence-corrected chi connectivity index (χ1v) is 19.7. The Balaban J connectivity index is 0.000000228. The molecule has 60 heavy (non-hydrogen) atoms. The standard InChI is InChI=1S/2C20H21ClFN5O3/c1-11(2)24-18-19(25-15(10-23)17(26-18)20(28)29)27-7-5-13(6-8-27)30-16-9-12(21)3-4-14(16)22;1-11(2)24-18-19(26-17(20(28)29)15(10-23)25-18)27-7-5-13(6-8-27)30-16-9-12(21)3-4-14(16)22/h3-4,9,11,13H,5-8H2,1-2H3,(H,24,26)(H,28,29);3-4,9,11,13H,5-8H2,1-2H3,(H,24,25)(H,28,29). The molecule has 0 amide bonds. The normalized spacial score (nSPS) is 14.5. The highest BCUT2D eigenvalue weighted by Crippen LogP contribution is 2.32. The van der Waals surface area contributed by atoms with Crippen LogP contribution in [0.3, 0.4) is 0 Å². The maximum Gasteiger partial charge on any atom is 0.357 e. The van der Waals surface area contributed by atoms with Crippen LogP contribution in [0.15, 0.2) is 36.4 Å². The Bertz CT molecular complexity index is 2290. The summed E-state index contributed by atoms with van der Waals surface area (Å²) in [6, 6.07) is 11.9. The maximum absolute atomic E-state index is 13.9. The predicted molar refractivity (Wildman–Crippen MR) is 219 cm³/mol. The van der Waals surface area contributed by atoms with E-state index in [-0.39, 0.29) is 58.6 Å². The van der Waals surface area contributed by atoms with E-state index in [2.05, 4.69) is 30.6 Å². The number of anilines is 4. The van der Waals surface area contributed by atoms with Crippen molar-refractivity contribution in [3.8, 4) is 23.6 Å². The molecule has 4 heterocycles. The molecule has 2 aliphatic rings. The first kappa shape index (κ1) is 44.9. The molecule has 0 spiro atoms. The molecule has 0 atom stereocenters. The molecule has 2 aromatic heterocycles. The van der Waals surface area contributed by atoms with Crippen molar-refractivity contribution in [2.24, 2.45) is 0 Å². The summed E-state index contributed by atoms with van der Waals surface area (Å²) in [5.41, 5.74) is -1.27. The summed E-state index contributed by atoms with van der Waals surface area (Å²) in [6.07, 6.45) is 1.86. The van der Waals surface area contributed by atoms with Crippen LogP contribution in [-0.2, 0) is 0 Å². The van der Waals surface area contributed by atoms with Crippen LogP contribution in [0.5, 0.6) is 11.5 Å². The number of aromatic carboxylic acids is 2. The number of rotatable bonds is 12. The van der Waals surface area contributed by atoms with Crippen molar-refractivity contribution in [1.82, 2.24) is 19.9 Å². The third-order valence-corrected chi connectivity index (χ3v) is 9.55. The zero-order valence-electron chi connectivity index (χ0n) is 33.0. The van der Waals surface area contributed by atoms with E-state index >= 15 is 0 Å². The lowest BCUT2D eigenvalue weighted by Gasteiger charge is -2.34. The van der Waals surface area contributed by atoms with Gasteiger partial charge in [-0.15, -0.1) is 0 Å². The molecule has 16 nitrogen and oxygen atoms in total. The molecule has 2 aliphatic heterocycles. The molecule has 20 heteroatoms.